The molecule has 8 heteroatoms. The summed E-state index contributed by atoms with van der Waals surface area (Å²) in [6.07, 6.45) is 5.86. The van der Waals surface area contributed by atoms with Crippen LogP contribution in [0.4, 0.5) is 10.5 Å². The summed E-state index contributed by atoms with van der Waals surface area (Å²) in [5.74, 6) is 6.76. The van der Waals surface area contributed by atoms with Crippen molar-refractivity contribution in [2.75, 3.05) is 32.1 Å². The second-order valence-electron chi connectivity index (χ2n) is 10.1. The van der Waals surface area contributed by atoms with Crippen molar-refractivity contribution >= 4 is 17.6 Å². The molecule has 1 saturated carbocycles. The van der Waals surface area contributed by atoms with Crippen molar-refractivity contribution in [3.05, 3.63) is 53.7 Å². The number of aromatic nitrogens is 1. The number of benzene rings is 1. The Hall–Kier alpha value is -3.57. The average molecular weight is 505 g/mol. The fourth-order valence-corrected chi connectivity index (χ4v) is 4.74. The Bertz CT molecular complexity index is 1150. The van der Waals surface area contributed by atoms with E-state index < -0.39 is 6.10 Å². The molecule has 4 rings (SSSR count). The highest BCUT2D eigenvalue weighted by atomic mass is 16.5. The van der Waals surface area contributed by atoms with E-state index in [1.54, 1.807) is 29.1 Å². The van der Waals surface area contributed by atoms with Crippen molar-refractivity contribution in [3.63, 3.8) is 0 Å². The standard InChI is InChI=1S/C29H36N4O4/c1-20-17-33(21(2)19-34)28(35)25-15-23(14-13-22-9-7-8-10-22)16-30-27(25)37-26(20)18-32(3)29(36)31-24-11-5-4-6-12-24/h4-6,11-12,15-16,20-22,26,34H,7-10,17-19H2,1-3H3,(H,31,36)/t20-,21+,26-/m0/s1. The lowest BCUT2D eigenvalue weighted by molar-refractivity contribution is 0.0356. The predicted octanol–water partition coefficient (Wildman–Crippen LogP) is 4.01. The van der Waals surface area contributed by atoms with Crippen LogP contribution in [0, 0.1) is 23.7 Å². The molecule has 8 nitrogen and oxygen atoms in total. The van der Waals surface area contributed by atoms with Crippen LogP contribution in [0.15, 0.2) is 42.6 Å². The van der Waals surface area contributed by atoms with Gasteiger partial charge in [0, 0.05) is 42.9 Å². The topological polar surface area (TPSA) is 95.0 Å². The lowest BCUT2D eigenvalue weighted by Crippen LogP contribution is -2.50. The van der Waals surface area contributed by atoms with Crippen molar-refractivity contribution in [1.82, 2.24) is 14.8 Å². The fourth-order valence-electron chi connectivity index (χ4n) is 4.74. The van der Waals surface area contributed by atoms with Crippen LogP contribution in [0.1, 0.15) is 55.5 Å². The highest BCUT2D eigenvalue weighted by molar-refractivity contribution is 5.97. The van der Waals surface area contributed by atoms with Gasteiger partial charge in [-0.3, -0.25) is 4.79 Å². The van der Waals surface area contributed by atoms with Crippen LogP contribution in [0.25, 0.3) is 0 Å². The normalized spacial score (nSPS) is 20.5. The molecule has 1 aliphatic heterocycles. The number of aliphatic hydroxyl groups is 1. The van der Waals surface area contributed by atoms with Gasteiger partial charge in [0.05, 0.1) is 19.2 Å². The Morgan fingerprint density at radius 2 is 2.03 bits per heavy atom. The number of nitrogens with one attached hydrogen (secondary N) is 1. The third-order valence-corrected chi connectivity index (χ3v) is 7.12. The molecule has 0 unspecified atom stereocenters. The van der Waals surface area contributed by atoms with E-state index in [9.17, 15) is 14.7 Å². The zero-order chi connectivity index (χ0) is 26.4. The van der Waals surface area contributed by atoms with Crippen LogP contribution in [0.5, 0.6) is 5.88 Å². The van der Waals surface area contributed by atoms with Gasteiger partial charge in [0.2, 0.25) is 5.88 Å². The van der Waals surface area contributed by atoms with E-state index >= 15 is 0 Å². The molecule has 3 atom stereocenters. The van der Waals surface area contributed by atoms with Gasteiger partial charge in [-0.25, -0.2) is 9.78 Å². The van der Waals surface area contributed by atoms with E-state index in [1.165, 1.54) is 12.8 Å². The van der Waals surface area contributed by atoms with Crippen LogP contribution in [0.3, 0.4) is 0 Å². The minimum atomic E-state index is -0.422. The molecule has 196 valence electrons. The van der Waals surface area contributed by atoms with Gasteiger partial charge in [0.25, 0.3) is 5.91 Å². The SMILES string of the molecule is C[C@H](CO)N1C[C@H](C)[C@H](CN(C)C(=O)Nc2ccccc2)Oc2ncc(C#CC3CCCC3)cc2C1=O. The molecule has 0 saturated heterocycles. The van der Waals surface area contributed by atoms with Gasteiger partial charge in [-0.05, 0) is 38.0 Å². The smallest absolute Gasteiger partial charge is 0.321 e. The number of likely N-dealkylation sites (N-methyl/N-ethyl adjacent to an activating group) is 1. The number of amides is 3. The Morgan fingerprint density at radius 3 is 2.73 bits per heavy atom. The quantitative estimate of drug-likeness (QED) is 0.600. The van der Waals surface area contributed by atoms with Gasteiger partial charge >= 0.3 is 6.03 Å². The Morgan fingerprint density at radius 1 is 1.30 bits per heavy atom. The zero-order valence-electron chi connectivity index (χ0n) is 21.8. The van der Waals surface area contributed by atoms with E-state index in [-0.39, 0.29) is 36.4 Å². The summed E-state index contributed by atoms with van der Waals surface area (Å²) in [7, 11) is 1.71. The van der Waals surface area contributed by atoms with Gasteiger partial charge in [-0.2, -0.15) is 0 Å². The van der Waals surface area contributed by atoms with Gasteiger partial charge in [-0.1, -0.05) is 49.8 Å². The van der Waals surface area contributed by atoms with E-state index in [0.717, 1.165) is 12.8 Å². The van der Waals surface area contributed by atoms with Crippen LogP contribution >= 0.6 is 0 Å². The Kier molecular flexibility index (Phi) is 8.67. The Balaban J connectivity index is 1.58. The van der Waals surface area contributed by atoms with Gasteiger partial charge in [-0.15, -0.1) is 0 Å². The third-order valence-electron chi connectivity index (χ3n) is 7.12. The molecule has 0 spiro atoms. The number of urea groups is 1. The number of rotatable bonds is 5. The molecular weight excluding hydrogens is 468 g/mol. The zero-order valence-corrected chi connectivity index (χ0v) is 21.8. The number of hydrogen-bond donors (Lipinski definition) is 2. The molecule has 2 aliphatic rings. The third kappa shape index (κ3) is 6.60. The molecule has 2 heterocycles. The summed E-state index contributed by atoms with van der Waals surface area (Å²) in [6.45, 7) is 4.30. The molecule has 37 heavy (non-hydrogen) atoms. The minimum Gasteiger partial charge on any atom is -0.472 e. The number of ether oxygens (including phenoxy) is 1. The van der Waals surface area contributed by atoms with Crippen molar-refractivity contribution in [2.45, 2.75) is 51.7 Å². The molecule has 1 fully saturated rings. The van der Waals surface area contributed by atoms with Crippen LogP contribution < -0.4 is 10.1 Å². The number of para-hydroxylation sites is 1. The Labute approximate surface area is 219 Å². The molecule has 1 aromatic carbocycles. The van der Waals surface area contributed by atoms with E-state index in [0.29, 0.717) is 35.8 Å². The molecule has 1 aromatic heterocycles. The number of fused-ring (bicyclic) bond motifs is 1. The highest BCUT2D eigenvalue weighted by Gasteiger charge is 2.34. The summed E-state index contributed by atoms with van der Waals surface area (Å²) < 4.78 is 6.29. The fraction of sp³-hybridized carbons (Fsp3) is 0.483. The average Bonchev–Trinajstić information content (AvgIpc) is 3.43. The highest BCUT2D eigenvalue weighted by Crippen LogP contribution is 2.28. The maximum Gasteiger partial charge on any atom is 0.321 e. The minimum absolute atomic E-state index is 0.123. The first-order chi connectivity index (χ1) is 17.9. The molecule has 0 bridgehead atoms. The first-order valence-corrected chi connectivity index (χ1v) is 13.0. The van der Waals surface area contributed by atoms with Crippen LogP contribution in [-0.2, 0) is 0 Å². The number of pyridine rings is 1. The van der Waals surface area contributed by atoms with Gasteiger partial charge in [0.1, 0.15) is 11.7 Å². The maximum atomic E-state index is 13.6. The lowest BCUT2D eigenvalue weighted by Gasteiger charge is -2.37. The van der Waals surface area contributed by atoms with E-state index in [2.05, 4.69) is 22.1 Å². The number of nitrogens with zero attached hydrogens (tertiary/aromatic N) is 3. The van der Waals surface area contributed by atoms with Crippen molar-refractivity contribution in [3.8, 4) is 17.7 Å². The monoisotopic (exact) mass is 504 g/mol. The second-order valence-corrected chi connectivity index (χ2v) is 10.1. The second kappa shape index (κ2) is 12.1. The van der Waals surface area contributed by atoms with Crippen LogP contribution in [0.2, 0.25) is 0 Å². The van der Waals surface area contributed by atoms with Crippen molar-refractivity contribution in [1.29, 1.82) is 0 Å². The summed E-state index contributed by atoms with van der Waals surface area (Å²) in [5.41, 5.74) is 1.70. The summed E-state index contributed by atoms with van der Waals surface area (Å²) >= 11 is 0. The number of carbonyl (C=O) groups excluding carboxylic acids is 2. The van der Waals surface area contributed by atoms with E-state index in [1.807, 2.05) is 44.2 Å². The molecule has 2 aromatic rings. The molecular formula is C29H36N4O4. The summed E-state index contributed by atoms with van der Waals surface area (Å²) in [4.78, 5) is 34.1. The van der Waals surface area contributed by atoms with Crippen molar-refractivity contribution in [2.24, 2.45) is 11.8 Å². The number of aliphatic hydroxyl groups excluding tert-OH is 1. The van der Waals surface area contributed by atoms with Crippen LogP contribution in [-0.4, -0.2) is 70.7 Å². The predicted molar refractivity (Wildman–Crippen MR) is 142 cm³/mol. The van der Waals surface area contributed by atoms with Crippen molar-refractivity contribution < 1.29 is 19.4 Å². The van der Waals surface area contributed by atoms with Gasteiger partial charge in [0.15, 0.2) is 0 Å². The molecule has 2 N–H and O–H groups in total. The molecule has 0 radical (unpaired) electrons. The summed E-state index contributed by atoms with van der Waals surface area (Å²) in [6, 6.07) is 10.4. The molecule has 3 amide bonds. The number of hydrogen-bond acceptors (Lipinski definition) is 5. The molecule has 1 aliphatic carbocycles. The van der Waals surface area contributed by atoms with E-state index in [4.69, 9.17) is 4.74 Å². The summed E-state index contributed by atoms with van der Waals surface area (Å²) in [5, 5.41) is 12.7. The maximum absolute atomic E-state index is 13.6. The number of anilines is 1. The first-order valence-electron chi connectivity index (χ1n) is 13.0. The lowest BCUT2D eigenvalue weighted by atomic mass is 10.00. The first kappa shape index (κ1) is 26.5. The largest absolute Gasteiger partial charge is 0.472 e. The number of carbonyl (C=O) groups is 2. The van der Waals surface area contributed by atoms with Gasteiger partial charge < -0.3 is 25.0 Å².